The molecule has 2 aromatic heterocycles. The number of rotatable bonds is 4. The van der Waals surface area contributed by atoms with Crippen LogP contribution in [0.1, 0.15) is 31.5 Å². The Balaban J connectivity index is 1.70. The number of H-pyrrole nitrogens is 2. The molecule has 1 aromatic carbocycles. The standard InChI is InChI=1S/C20H26N4O/c1-20(2)7-6-15-18(12-20)22-23-19(15)17-10-13-4-5-14(11-16(13)21-17)24(3)8-9-25/h4-5,10-11,21,25H,6-9,12H2,1-3H3,(H,22,23). The van der Waals surface area contributed by atoms with E-state index in [-0.39, 0.29) is 6.61 Å². The number of aliphatic hydroxyl groups is 1. The molecule has 0 radical (unpaired) electrons. The molecule has 2 heterocycles. The van der Waals surface area contributed by atoms with Crippen molar-refractivity contribution in [3.63, 3.8) is 0 Å². The lowest BCUT2D eigenvalue weighted by molar-refractivity contribution is 0.304. The molecule has 0 atom stereocenters. The molecule has 0 fully saturated rings. The Morgan fingerprint density at radius 3 is 2.92 bits per heavy atom. The third-order valence-corrected chi connectivity index (χ3v) is 5.40. The van der Waals surface area contributed by atoms with E-state index in [9.17, 15) is 0 Å². The maximum absolute atomic E-state index is 9.13. The fraction of sp³-hybridized carbons (Fsp3) is 0.450. The summed E-state index contributed by atoms with van der Waals surface area (Å²) in [5.41, 5.74) is 7.34. The van der Waals surface area contributed by atoms with Gasteiger partial charge < -0.3 is 15.0 Å². The summed E-state index contributed by atoms with van der Waals surface area (Å²) in [7, 11) is 1.99. The van der Waals surface area contributed by atoms with Gasteiger partial charge in [-0.2, -0.15) is 5.10 Å². The molecule has 0 saturated heterocycles. The molecular weight excluding hydrogens is 312 g/mol. The summed E-state index contributed by atoms with van der Waals surface area (Å²) >= 11 is 0. The first-order valence-corrected chi connectivity index (χ1v) is 8.98. The second-order valence-electron chi connectivity index (χ2n) is 7.97. The topological polar surface area (TPSA) is 67.9 Å². The first-order valence-electron chi connectivity index (χ1n) is 8.98. The molecule has 5 nitrogen and oxygen atoms in total. The Kier molecular flexibility index (Phi) is 3.84. The summed E-state index contributed by atoms with van der Waals surface area (Å²) in [5.74, 6) is 0. The number of fused-ring (bicyclic) bond motifs is 2. The maximum atomic E-state index is 9.13. The van der Waals surface area contributed by atoms with Crippen LogP contribution in [0.5, 0.6) is 0 Å². The minimum atomic E-state index is 0.153. The molecule has 0 spiro atoms. The van der Waals surface area contributed by atoms with Crippen LogP contribution in [0.3, 0.4) is 0 Å². The Morgan fingerprint density at radius 1 is 1.28 bits per heavy atom. The second-order valence-corrected chi connectivity index (χ2v) is 7.97. The van der Waals surface area contributed by atoms with Crippen molar-refractivity contribution in [2.45, 2.75) is 33.1 Å². The molecule has 4 rings (SSSR count). The number of nitrogens with one attached hydrogen (secondary N) is 2. The quantitative estimate of drug-likeness (QED) is 0.682. The summed E-state index contributed by atoms with van der Waals surface area (Å²) in [6, 6.07) is 8.54. The monoisotopic (exact) mass is 338 g/mol. The van der Waals surface area contributed by atoms with Crippen LogP contribution < -0.4 is 4.90 Å². The number of aromatic nitrogens is 3. The molecule has 3 aromatic rings. The Morgan fingerprint density at radius 2 is 2.12 bits per heavy atom. The number of hydrogen-bond donors (Lipinski definition) is 3. The van der Waals surface area contributed by atoms with Crippen molar-refractivity contribution in [3.05, 3.63) is 35.5 Å². The van der Waals surface area contributed by atoms with Gasteiger partial charge >= 0.3 is 0 Å². The predicted molar refractivity (Wildman–Crippen MR) is 102 cm³/mol. The molecule has 0 bridgehead atoms. The molecule has 1 aliphatic rings. The molecule has 0 amide bonds. The van der Waals surface area contributed by atoms with Gasteiger partial charge in [0.1, 0.15) is 5.69 Å². The summed E-state index contributed by atoms with van der Waals surface area (Å²) in [6.45, 7) is 5.43. The molecule has 1 aliphatic carbocycles. The number of benzene rings is 1. The zero-order valence-corrected chi connectivity index (χ0v) is 15.2. The highest BCUT2D eigenvalue weighted by molar-refractivity contribution is 5.88. The van der Waals surface area contributed by atoms with Crippen LogP contribution in [-0.4, -0.2) is 40.5 Å². The number of likely N-dealkylation sites (N-methyl/N-ethyl adjacent to an activating group) is 1. The fourth-order valence-corrected chi connectivity index (χ4v) is 3.83. The van der Waals surface area contributed by atoms with Gasteiger partial charge in [-0.1, -0.05) is 19.9 Å². The number of aliphatic hydroxyl groups excluding tert-OH is 1. The first kappa shape index (κ1) is 16.2. The highest BCUT2D eigenvalue weighted by atomic mass is 16.3. The minimum absolute atomic E-state index is 0.153. The van der Waals surface area contributed by atoms with E-state index in [0.29, 0.717) is 12.0 Å². The van der Waals surface area contributed by atoms with E-state index in [1.165, 1.54) is 23.1 Å². The number of hydrogen-bond acceptors (Lipinski definition) is 3. The van der Waals surface area contributed by atoms with Crippen LogP contribution >= 0.6 is 0 Å². The lowest BCUT2D eigenvalue weighted by atomic mass is 9.76. The van der Waals surface area contributed by atoms with Crippen molar-refractivity contribution < 1.29 is 5.11 Å². The van der Waals surface area contributed by atoms with Gasteiger partial charge in [0.05, 0.1) is 12.3 Å². The van der Waals surface area contributed by atoms with Crippen molar-refractivity contribution in [1.82, 2.24) is 15.2 Å². The molecule has 0 aliphatic heterocycles. The van der Waals surface area contributed by atoms with E-state index in [2.05, 4.69) is 58.2 Å². The van der Waals surface area contributed by atoms with E-state index in [1.807, 2.05) is 7.05 Å². The lowest BCUT2D eigenvalue weighted by Crippen LogP contribution is -2.21. The summed E-state index contributed by atoms with van der Waals surface area (Å²) in [5, 5.41) is 18.2. The van der Waals surface area contributed by atoms with Gasteiger partial charge in [0.2, 0.25) is 0 Å². The fourth-order valence-electron chi connectivity index (χ4n) is 3.83. The van der Waals surface area contributed by atoms with E-state index in [0.717, 1.165) is 35.4 Å². The van der Waals surface area contributed by atoms with Crippen molar-refractivity contribution in [1.29, 1.82) is 0 Å². The number of aromatic amines is 2. The maximum Gasteiger partial charge on any atom is 0.112 e. The SMILES string of the molecule is CN(CCO)c1ccc2cc(-c3n[nH]c4c3CCC(C)(C)C4)[nH]c2c1. The average molecular weight is 338 g/mol. The third-order valence-electron chi connectivity index (χ3n) is 5.40. The van der Waals surface area contributed by atoms with Crippen molar-refractivity contribution in [2.75, 3.05) is 25.1 Å². The zero-order valence-electron chi connectivity index (χ0n) is 15.2. The largest absolute Gasteiger partial charge is 0.395 e. The number of anilines is 1. The van der Waals surface area contributed by atoms with Gasteiger partial charge in [-0.05, 0) is 42.9 Å². The van der Waals surface area contributed by atoms with Gasteiger partial charge in [-0.25, -0.2) is 0 Å². The van der Waals surface area contributed by atoms with E-state index >= 15 is 0 Å². The number of nitrogens with zero attached hydrogens (tertiary/aromatic N) is 2. The van der Waals surface area contributed by atoms with Crippen LogP contribution in [0, 0.1) is 5.41 Å². The van der Waals surface area contributed by atoms with Gasteiger partial charge in [0, 0.05) is 41.4 Å². The summed E-state index contributed by atoms with van der Waals surface area (Å²) in [4.78, 5) is 5.59. The highest BCUT2D eigenvalue weighted by Gasteiger charge is 2.29. The molecule has 3 N–H and O–H groups in total. The van der Waals surface area contributed by atoms with Gasteiger partial charge in [-0.3, -0.25) is 5.10 Å². The minimum Gasteiger partial charge on any atom is -0.395 e. The summed E-state index contributed by atoms with van der Waals surface area (Å²) < 4.78 is 0. The van der Waals surface area contributed by atoms with Crippen LogP contribution in [0.25, 0.3) is 22.3 Å². The van der Waals surface area contributed by atoms with Crippen molar-refractivity contribution >= 4 is 16.6 Å². The van der Waals surface area contributed by atoms with Crippen LogP contribution in [0.2, 0.25) is 0 Å². The van der Waals surface area contributed by atoms with Crippen LogP contribution in [0.4, 0.5) is 5.69 Å². The highest BCUT2D eigenvalue weighted by Crippen LogP contribution is 2.38. The zero-order chi connectivity index (χ0) is 17.6. The molecular formula is C20H26N4O. The van der Waals surface area contributed by atoms with Gasteiger partial charge in [-0.15, -0.1) is 0 Å². The molecule has 25 heavy (non-hydrogen) atoms. The Bertz CT molecular complexity index is 906. The van der Waals surface area contributed by atoms with E-state index < -0.39 is 0 Å². The smallest absolute Gasteiger partial charge is 0.112 e. The first-order chi connectivity index (χ1) is 12.0. The lowest BCUT2D eigenvalue weighted by Gasteiger charge is -2.28. The van der Waals surface area contributed by atoms with E-state index in [4.69, 9.17) is 5.11 Å². The molecule has 0 unspecified atom stereocenters. The summed E-state index contributed by atoms with van der Waals surface area (Å²) in [6.07, 6.45) is 3.34. The predicted octanol–water partition coefficient (Wildman–Crippen LogP) is 3.50. The molecule has 132 valence electrons. The van der Waals surface area contributed by atoms with Crippen molar-refractivity contribution in [2.24, 2.45) is 5.41 Å². The second kappa shape index (κ2) is 5.92. The average Bonchev–Trinajstić information content (AvgIpc) is 3.16. The van der Waals surface area contributed by atoms with Gasteiger partial charge in [0.15, 0.2) is 0 Å². The normalized spacial score (nSPS) is 16.2. The molecule has 5 heteroatoms. The van der Waals surface area contributed by atoms with E-state index in [1.54, 1.807) is 0 Å². The Hall–Kier alpha value is -2.27. The van der Waals surface area contributed by atoms with Crippen LogP contribution in [0.15, 0.2) is 24.3 Å². The molecule has 0 saturated carbocycles. The van der Waals surface area contributed by atoms with Gasteiger partial charge in [0.25, 0.3) is 0 Å². The third kappa shape index (κ3) is 2.93. The van der Waals surface area contributed by atoms with Crippen LogP contribution in [-0.2, 0) is 12.8 Å². The van der Waals surface area contributed by atoms with Crippen molar-refractivity contribution in [3.8, 4) is 11.4 Å². The Labute approximate surface area is 148 Å².